The van der Waals surface area contributed by atoms with Gasteiger partial charge in [-0.1, -0.05) is 19.9 Å². The van der Waals surface area contributed by atoms with Gasteiger partial charge >= 0.3 is 0 Å². The Hall–Kier alpha value is -1.09. The van der Waals surface area contributed by atoms with Crippen molar-refractivity contribution < 1.29 is 9.90 Å². The Morgan fingerprint density at radius 1 is 1.32 bits per heavy atom. The summed E-state index contributed by atoms with van der Waals surface area (Å²) >= 11 is 0. The van der Waals surface area contributed by atoms with E-state index in [0.717, 1.165) is 19.4 Å². The molecule has 1 saturated heterocycles. The van der Waals surface area contributed by atoms with Crippen LogP contribution in [-0.2, 0) is 4.79 Å². The SMILES string of the molecule is CN1CC2C3C[C@H](O)C[C@@]3(C)CCC2[C@@]2(C)C=CC(=O)C=C12. The van der Waals surface area contributed by atoms with Crippen LogP contribution in [0.15, 0.2) is 23.9 Å². The maximum Gasteiger partial charge on any atom is 0.180 e. The van der Waals surface area contributed by atoms with Crippen LogP contribution >= 0.6 is 0 Å². The summed E-state index contributed by atoms with van der Waals surface area (Å²) in [5.41, 5.74) is 1.50. The highest BCUT2D eigenvalue weighted by Crippen LogP contribution is 2.62. The Labute approximate surface area is 133 Å². The summed E-state index contributed by atoms with van der Waals surface area (Å²) in [6.45, 7) is 5.72. The number of nitrogens with zero attached hydrogens (tertiary/aromatic N) is 1. The van der Waals surface area contributed by atoms with Gasteiger partial charge in [-0.2, -0.15) is 0 Å². The van der Waals surface area contributed by atoms with E-state index in [-0.39, 0.29) is 17.3 Å². The van der Waals surface area contributed by atoms with Crippen LogP contribution < -0.4 is 0 Å². The molecule has 0 spiro atoms. The molecule has 1 N–H and O–H groups in total. The van der Waals surface area contributed by atoms with Gasteiger partial charge in [0, 0.05) is 30.8 Å². The number of carbonyl (C=O) groups is 1. The fourth-order valence-corrected chi connectivity index (χ4v) is 6.24. The van der Waals surface area contributed by atoms with Crippen LogP contribution in [0.4, 0.5) is 0 Å². The zero-order valence-corrected chi connectivity index (χ0v) is 13.9. The third-order valence-electron chi connectivity index (χ3n) is 7.27. The summed E-state index contributed by atoms with van der Waals surface area (Å²) in [6, 6.07) is 0. The molecule has 2 saturated carbocycles. The number of allylic oxidation sites excluding steroid dienone is 3. The summed E-state index contributed by atoms with van der Waals surface area (Å²) in [7, 11) is 2.13. The molecule has 0 aromatic rings. The van der Waals surface area contributed by atoms with Crippen molar-refractivity contribution in [1.82, 2.24) is 4.90 Å². The van der Waals surface area contributed by atoms with E-state index in [9.17, 15) is 9.90 Å². The van der Waals surface area contributed by atoms with E-state index in [4.69, 9.17) is 0 Å². The van der Waals surface area contributed by atoms with Crippen molar-refractivity contribution >= 4 is 5.78 Å². The number of likely N-dealkylation sites (tertiary alicyclic amines) is 1. The van der Waals surface area contributed by atoms with E-state index in [0.29, 0.717) is 23.2 Å². The van der Waals surface area contributed by atoms with Gasteiger partial charge in [-0.25, -0.2) is 0 Å². The summed E-state index contributed by atoms with van der Waals surface area (Å²) in [4.78, 5) is 14.1. The average molecular weight is 301 g/mol. The molecule has 120 valence electrons. The third-order valence-corrected chi connectivity index (χ3v) is 7.27. The number of fused-ring (bicyclic) bond motifs is 5. The van der Waals surface area contributed by atoms with Crippen molar-refractivity contribution in [2.45, 2.75) is 45.6 Å². The maximum atomic E-state index is 11.8. The van der Waals surface area contributed by atoms with Crippen LogP contribution in [0, 0.1) is 28.6 Å². The van der Waals surface area contributed by atoms with Crippen molar-refractivity contribution in [3.05, 3.63) is 23.9 Å². The summed E-state index contributed by atoms with van der Waals surface area (Å²) in [6.07, 6.45) is 10.00. The van der Waals surface area contributed by atoms with Gasteiger partial charge in [0.05, 0.1) is 6.10 Å². The molecule has 3 nitrogen and oxygen atoms in total. The van der Waals surface area contributed by atoms with E-state index >= 15 is 0 Å². The minimum atomic E-state index is -0.118. The zero-order chi connectivity index (χ0) is 15.7. The summed E-state index contributed by atoms with van der Waals surface area (Å²) in [5.74, 6) is 1.96. The molecule has 1 aliphatic heterocycles. The standard InChI is InChI=1S/C19H27NO2/c1-18-6-5-15-14(16(18)8-13(22)10-18)11-20(3)17-9-12(21)4-7-19(15,17)2/h4,7,9,13-16,22H,5-6,8,10-11H2,1-3H3/t13-,14?,15?,16?,18+,19+/m0/s1. The van der Waals surface area contributed by atoms with Gasteiger partial charge in [-0.15, -0.1) is 0 Å². The fourth-order valence-electron chi connectivity index (χ4n) is 6.24. The Morgan fingerprint density at radius 2 is 2.09 bits per heavy atom. The molecule has 0 radical (unpaired) electrons. The molecule has 22 heavy (non-hydrogen) atoms. The zero-order valence-electron chi connectivity index (χ0n) is 13.9. The predicted molar refractivity (Wildman–Crippen MR) is 86.0 cm³/mol. The number of hydrogen-bond acceptors (Lipinski definition) is 3. The lowest BCUT2D eigenvalue weighted by atomic mass is 9.51. The molecule has 0 bridgehead atoms. The highest BCUT2D eigenvalue weighted by molar-refractivity contribution is 6.01. The minimum absolute atomic E-state index is 0.0134. The first-order valence-corrected chi connectivity index (χ1v) is 8.68. The number of piperidine rings is 1. The normalized spacial score (nSPS) is 50.3. The first kappa shape index (κ1) is 14.5. The maximum absolute atomic E-state index is 11.8. The first-order chi connectivity index (χ1) is 10.3. The van der Waals surface area contributed by atoms with Crippen LogP contribution in [0.2, 0.25) is 0 Å². The molecule has 1 heterocycles. The predicted octanol–water partition coefficient (Wildman–Crippen LogP) is 2.76. The van der Waals surface area contributed by atoms with E-state index in [1.54, 1.807) is 6.08 Å². The van der Waals surface area contributed by atoms with Gasteiger partial charge in [-0.3, -0.25) is 4.79 Å². The lowest BCUT2D eigenvalue weighted by molar-refractivity contribution is -0.111. The Kier molecular flexibility index (Phi) is 2.95. The number of carbonyl (C=O) groups excluding carboxylic acids is 1. The van der Waals surface area contributed by atoms with Crippen molar-refractivity contribution in [2.24, 2.45) is 28.6 Å². The number of aliphatic hydroxyl groups excluding tert-OH is 1. The Bertz CT molecular complexity index is 580. The molecule has 0 aromatic heterocycles. The smallest absolute Gasteiger partial charge is 0.180 e. The van der Waals surface area contributed by atoms with Crippen LogP contribution in [0.1, 0.15) is 39.5 Å². The van der Waals surface area contributed by atoms with Crippen LogP contribution in [0.3, 0.4) is 0 Å². The lowest BCUT2D eigenvalue weighted by Gasteiger charge is -2.58. The highest BCUT2D eigenvalue weighted by atomic mass is 16.3. The van der Waals surface area contributed by atoms with Crippen molar-refractivity contribution in [2.75, 3.05) is 13.6 Å². The Morgan fingerprint density at radius 3 is 2.86 bits per heavy atom. The van der Waals surface area contributed by atoms with E-state index < -0.39 is 0 Å². The van der Waals surface area contributed by atoms with Crippen LogP contribution in [-0.4, -0.2) is 35.5 Å². The van der Waals surface area contributed by atoms with E-state index in [1.807, 2.05) is 6.08 Å². The fraction of sp³-hybridized carbons (Fsp3) is 0.737. The number of ketones is 1. The second-order valence-electron chi connectivity index (χ2n) is 8.59. The molecule has 6 atom stereocenters. The Balaban J connectivity index is 1.74. The largest absolute Gasteiger partial charge is 0.393 e. The number of aliphatic hydroxyl groups is 1. The van der Waals surface area contributed by atoms with Crippen LogP contribution in [0.25, 0.3) is 0 Å². The van der Waals surface area contributed by atoms with Gasteiger partial charge in [0.1, 0.15) is 0 Å². The highest BCUT2D eigenvalue weighted by Gasteiger charge is 2.58. The minimum Gasteiger partial charge on any atom is -0.393 e. The topological polar surface area (TPSA) is 40.5 Å². The van der Waals surface area contributed by atoms with E-state index in [1.165, 1.54) is 18.5 Å². The molecule has 3 unspecified atom stereocenters. The van der Waals surface area contributed by atoms with Gasteiger partial charge in [0.2, 0.25) is 0 Å². The lowest BCUT2D eigenvalue weighted by Crippen LogP contribution is -2.55. The number of rotatable bonds is 0. The molecule has 0 aromatic carbocycles. The monoisotopic (exact) mass is 301 g/mol. The molecule has 3 fully saturated rings. The van der Waals surface area contributed by atoms with Gasteiger partial charge in [0.25, 0.3) is 0 Å². The van der Waals surface area contributed by atoms with E-state index in [2.05, 4.69) is 31.9 Å². The van der Waals surface area contributed by atoms with Crippen molar-refractivity contribution in [1.29, 1.82) is 0 Å². The van der Waals surface area contributed by atoms with Gasteiger partial charge < -0.3 is 10.0 Å². The molecule has 3 aliphatic carbocycles. The molecular weight excluding hydrogens is 274 g/mol. The third kappa shape index (κ3) is 1.81. The van der Waals surface area contributed by atoms with Crippen molar-refractivity contribution in [3.63, 3.8) is 0 Å². The van der Waals surface area contributed by atoms with Crippen molar-refractivity contribution in [3.8, 4) is 0 Å². The molecule has 0 amide bonds. The molecule has 3 heteroatoms. The second-order valence-corrected chi connectivity index (χ2v) is 8.59. The average Bonchev–Trinajstić information content (AvgIpc) is 2.76. The van der Waals surface area contributed by atoms with Crippen LogP contribution in [0.5, 0.6) is 0 Å². The summed E-state index contributed by atoms with van der Waals surface area (Å²) < 4.78 is 0. The number of hydrogen-bond donors (Lipinski definition) is 1. The second kappa shape index (κ2) is 4.47. The summed E-state index contributed by atoms with van der Waals surface area (Å²) in [5, 5.41) is 10.2. The molecular formula is C19H27NO2. The first-order valence-electron chi connectivity index (χ1n) is 8.68. The molecule has 4 aliphatic rings. The van der Waals surface area contributed by atoms with Gasteiger partial charge in [0.15, 0.2) is 5.78 Å². The van der Waals surface area contributed by atoms with Gasteiger partial charge in [-0.05, 0) is 54.9 Å². The molecule has 4 rings (SSSR count). The quantitative estimate of drug-likeness (QED) is 0.748.